The zero-order valence-electron chi connectivity index (χ0n) is 16.5. The molecule has 0 fully saturated rings. The molecule has 4 rings (SSSR count). The second-order valence-electron chi connectivity index (χ2n) is 6.55. The first-order valence-electron chi connectivity index (χ1n) is 8.70. The number of benzene rings is 2. The standard InChI is InChI=1S/C20H13N3O7S.Na/c24-16-8-5-11-3-1-2-4-13(11)19(16)21-22-20-14-7-6-12(23(26)27)9-15(14)18(10-17(20)25)31(28,29)30;/h1-10,26H,(H2,28,29,30);/q;+1. The van der Waals surface area contributed by atoms with Crippen molar-refractivity contribution < 1.29 is 57.7 Å². The van der Waals surface area contributed by atoms with Crippen molar-refractivity contribution in [1.82, 2.24) is 0 Å². The van der Waals surface area contributed by atoms with Crippen LogP contribution in [0.4, 0.5) is 5.69 Å². The Morgan fingerprint density at radius 2 is 1.53 bits per heavy atom. The molecule has 0 atom stereocenters. The molecule has 2 aromatic rings. The zero-order chi connectivity index (χ0) is 22.3. The van der Waals surface area contributed by atoms with E-state index in [0.29, 0.717) is 11.6 Å². The molecule has 2 aliphatic rings. The van der Waals surface area contributed by atoms with E-state index in [4.69, 9.17) is 5.21 Å². The van der Waals surface area contributed by atoms with Crippen molar-refractivity contribution in [2.75, 3.05) is 5.23 Å². The smallest absolute Gasteiger partial charge is 0.733 e. The van der Waals surface area contributed by atoms with Crippen LogP contribution >= 0.6 is 0 Å². The van der Waals surface area contributed by atoms with E-state index >= 15 is 0 Å². The van der Waals surface area contributed by atoms with E-state index in [1.807, 2.05) is 0 Å². The Morgan fingerprint density at radius 1 is 0.875 bits per heavy atom. The predicted octanol–water partition coefficient (Wildman–Crippen LogP) is -0.458. The van der Waals surface area contributed by atoms with Crippen LogP contribution in [0.25, 0.3) is 11.0 Å². The first-order valence-corrected chi connectivity index (χ1v) is 10.2. The maximum atomic E-state index is 12.6. The quantitative estimate of drug-likeness (QED) is 0.314. The summed E-state index contributed by atoms with van der Waals surface area (Å²) in [6.45, 7) is 0. The second kappa shape index (κ2) is 9.10. The van der Waals surface area contributed by atoms with E-state index < -0.39 is 32.2 Å². The average molecular weight is 462 g/mol. The molecule has 0 spiro atoms. The number of carbonyl (C=O) groups excluding carboxylic acids is 2. The summed E-state index contributed by atoms with van der Waals surface area (Å²) in [5, 5.41) is 27.7. The Hall–Kier alpha value is -2.61. The van der Waals surface area contributed by atoms with Crippen molar-refractivity contribution in [3.8, 4) is 0 Å². The number of fused-ring (bicyclic) bond motifs is 2. The van der Waals surface area contributed by atoms with Crippen LogP contribution in [-0.2, 0) is 24.3 Å². The molecule has 2 aromatic carbocycles. The van der Waals surface area contributed by atoms with Gasteiger partial charge in [-0.15, -0.1) is 10.2 Å². The van der Waals surface area contributed by atoms with Crippen LogP contribution in [-0.4, -0.2) is 37.3 Å². The van der Waals surface area contributed by atoms with Crippen molar-refractivity contribution in [3.05, 3.63) is 82.1 Å². The molecule has 156 valence electrons. The van der Waals surface area contributed by atoms with E-state index in [9.17, 15) is 28.1 Å². The molecule has 0 amide bonds. The number of carbonyl (C=O) groups is 2. The predicted molar refractivity (Wildman–Crippen MR) is 114 cm³/mol. The largest absolute Gasteiger partial charge is 1.00 e. The fourth-order valence-electron chi connectivity index (χ4n) is 3.22. The first-order chi connectivity index (χ1) is 14.7. The van der Waals surface area contributed by atoms with Gasteiger partial charge in [-0.3, -0.25) is 14.8 Å². The number of ketones is 2. The van der Waals surface area contributed by atoms with Gasteiger partial charge in [0.25, 0.3) is 0 Å². The van der Waals surface area contributed by atoms with Crippen LogP contribution in [0.3, 0.4) is 0 Å². The zero-order valence-corrected chi connectivity index (χ0v) is 19.3. The third-order valence-electron chi connectivity index (χ3n) is 4.64. The van der Waals surface area contributed by atoms with Gasteiger partial charge in [0.2, 0.25) is 16.5 Å². The summed E-state index contributed by atoms with van der Waals surface area (Å²) in [4.78, 5) is 24.2. The van der Waals surface area contributed by atoms with Crippen molar-refractivity contribution in [3.63, 3.8) is 0 Å². The molecule has 32 heavy (non-hydrogen) atoms. The van der Waals surface area contributed by atoms with Gasteiger partial charge in [-0.1, -0.05) is 30.3 Å². The summed E-state index contributed by atoms with van der Waals surface area (Å²) in [7, 11) is -4.59. The van der Waals surface area contributed by atoms with Crippen LogP contribution < -0.4 is 34.8 Å². The molecular weight excluding hydrogens is 449 g/mol. The molecule has 10 nitrogen and oxygen atoms in total. The summed E-state index contributed by atoms with van der Waals surface area (Å²) in [5.41, 5.74) is 0.482. The van der Waals surface area contributed by atoms with Crippen molar-refractivity contribution in [2.24, 2.45) is 10.2 Å². The van der Waals surface area contributed by atoms with Gasteiger partial charge in [-0.05, 0) is 34.0 Å². The number of allylic oxidation sites excluding steroid dienone is 2. The molecule has 0 saturated carbocycles. The van der Waals surface area contributed by atoms with E-state index in [2.05, 4.69) is 10.2 Å². The first kappa shape index (κ1) is 24.0. The van der Waals surface area contributed by atoms with Gasteiger partial charge in [0, 0.05) is 22.8 Å². The third kappa shape index (κ3) is 4.46. The summed E-state index contributed by atoms with van der Waals surface area (Å²) < 4.78 is 31.0. The third-order valence-corrected chi connectivity index (χ3v) is 5.55. The number of hydrogen-bond donors (Lipinski definition) is 3. The van der Waals surface area contributed by atoms with E-state index in [-0.39, 0.29) is 57.8 Å². The minimum absolute atomic E-state index is 0. The fraction of sp³-hybridized carbons (Fsp3) is 0. The fourth-order valence-corrected chi connectivity index (χ4v) is 3.94. The molecule has 0 radical (unpaired) electrons. The monoisotopic (exact) mass is 462 g/mol. The molecule has 0 aromatic heterocycles. The van der Waals surface area contributed by atoms with E-state index in [1.54, 1.807) is 30.3 Å². The van der Waals surface area contributed by atoms with Gasteiger partial charge in [0.1, 0.15) is 11.4 Å². The minimum atomic E-state index is -4.59. The Morgan fingerprint density at radius 3 is 2.19 bits per heavy atom. The molecule has 0 heterocycles. The maximum Gasteiger partial charge on any atom is 1.00 e. The SMILES string of the molecule is O=C1C=Cc2ccccc2C1=NN=C1C(=O)C=C([S+](=O)(O)O)c2cc(N([O-])O)ccc21.[Na+]. The number of anilines is 1. The van der Waals surface area contributed by atoms with Gasteiger partial charge in [0.15, 0.2) is 0 Å². The van der Waals surface area contributed by atoms with Crippen LogP contribution in [0.1, 0.15) is 22.3 Å². The summed E-state index contributed by atoms with van der Waals surface area (Å²) in [6.07, 6.45) is 3.64. The minimum Gasteiger partial charge on any atom is -0.733 e. The molecule has 0 aliphatic heterocycles. The van der Waals surface area contributed by atoms with Gasteiger partial charge >= 0.3 is 40.1 Å². The van der Waals surface area contributed by atoms with Gasteiger partial charge in [-0.25, -0.2) is 0 Å². The number of rotatable bonds is 3. The van der Waals surface area contributed by atoms with E-state index in [1.165, 1.54) is 12.1 Å². The van der Waals surface area contributed by atoms with Crippen molar-refractivity contribution >= 4 is 50.2 Å². The molecule has 0 saturated heterocycles. The van der Waals surface area contributed by atoms with Crippen molar-refractivity contribution in [1.29, 1.82) is 0 Å². The summed E-state index contributed by atoms with van der Waals surface area (Å²) in [5.74, 6) is -1.26. The van der Waals surface area contributed by atoms with Crippen LogP contribution in [0.5, 0.6) is 0 Å². The van der Waals surface area contributed by atoms with Crippen LogP contribution in [0.2, 0.25) is 0 Å². The van der Waals surface area contributed by atoms with Gasteiger partial charge in [0.05, 0.1) is 5.69 Å². The maximum absolute atomic E-state index is 12.6. The molecule has 12 heteroatoms. The number of nitrogens with zero attached hydrogens (tertiary/aromatic N) is 3. The topological polar surface area (TPSA) is 163 Å². The molecule has 2 aliphatic carbocycles. The Bertz CT molecular complexity index is 1310. The van der Waals surface area contributed by atoms with Gasteiger partial charge in [-0.2, -0.15) is 9.11 Å². The Balaban J connectivity index is 0.00000289. The van der Waals surface area contributed by atoms with E-state index in [0.717, 1.165) is 17.7 Å². The molecule has 0 unspecified atom stereocenters. The molecule has 0 bridgehead atoms. The van der Waals surface area contributed by atoms with Crippen molar-refractivity contribution in [2.45, 2.75) is 0 Å². The molecule has 3 N–H and O–H groups in total. The summed E-state index contributed by atoms with van der Waals surface area (Å²) in [6, 6.07) is 10.3. The Labute approximate surface area is 204 Å². The van der Waals surface area contributed by atoms with Crippen LogP contribution in [0, 0.1) is 5.21 Å². The molecular formula is C20H13N3NaO7S+. The second-order valence-corrected chi connectivity index (χ2v) is 7.99. The average Bonchev–Trinajstić information content (AvgIpc) is 2.72. The normalized spacial score (nSPS) is 17.6. The van der Waals surface area contributed by atoms with Gasteiger partial charge < -0.3 is 10.4 Å². The van der Waals surface area contributed by atoms with Crippen LogP contribution in [0.15, 0.2) is 64.8 Å². The Kier molecular flexibility index (Phi) is 6.83. The summed E-state index contributed by atoms with van der Waals surface area (Å²) >= 11 is 0. The number of hydrogen-bond acceptors (Lipinski definition) is 8.